The van der Waals surface area contributed by atoms with Crippen LogP contribution in [0.4, 0.5) is 0 Å². The molecule has 2 aromatic carbocycles. The number of furan rings is 1. The molecule has 0 radical (unpaired) electrons. The van der Waals surface area contributed by atoms with Gasteiger partial charge in [0.1, 0.15) is 17.3 Å². The van der Waals surface area contributed by atoms with Gasteiger partial charge in [-0.05, 0) is 18.6 Å². The quantitative estimate of drug-likeness (QED) is 0.651. The Hall–Kier alpha value is -2.61. The lowest BCUT2D eigenvalue weighted by molar-refractivity contribution is -0.117. The van der Waals surface area contributed by atoms with Gasteiger partial charge in [0.15, 0.2) is 0 Å². The zero-order chi connectivity index (χ0) is 15.4. The van der Waals surface area contributed by atoms with E-state index in [0.717, 1.165) is 28.2 Å². The summed E-state index contributed by atoms with van der Waals surface area (Å²) in [6.45, 7) is 1.61. The maximum Gasteiger partial charge on any atom is 0.134 e. The predicted octanol–water partition coefficient (Wildman–Crippen LogP) is 5.14. The van der Waals surface area contributed by atoms with E-state index in [-0.39, 0.29) is 5.78 Å². The fourth-order valence-electron chi connectivity index (χ4n) is 2.51. The Balaban J connectivity index is 2.03. The van der Waals surface area contributed by atoms with E-state index in [2.05, 4.69) is 18.2 Å². The summed E-state index contributed by atoms with van der Waals surface area (Å²) >= 11 is 0. The second-order valence-corrected chi connectivity index (χ2v) is 5.38. The predicted molar refractivity (Wildman–Crippen MR) is 88.6 cm³/mol. The van der Waals surface area contributed by atoms with Crippen molar-refractivity contribution in [2.75, 3.05) is 0 Å². The van der Waals surface area contributed by atoms with E-state index in [0.29, 0.717) is 12.8 Å². The molecule has 0 spiro atoms. The van der Waals surface area contributed by atoms with Gasteiger partial charge < -0.3 is 9.21 Å². The van der Waals surface area contributed by atoms with E-state index in [1.165, 1.54) is 0 Å². The van der Waals surface area contributed by atoms with Gasteiger partial charge in [-0.25, -0.2) is 0 Å². The summed E-state index contributed by atoms with van der Waals surface area (Å²) in [4.78, 5) is 11.3. The highest BCUT2D eigenvalue weighted by atomic mass is 16.3. The van der Waals surface area contributed by atoms with Gasteiger partial charge in [-0.3, -0.25) is 0 Å². The molecule has 0 bridgehead atoms. The first-order valence-corrected chi connectivity index (χ1v) is 7.47. The van der Waals surface area contributed by atoms with Crippen molar-refractivity contribution in [3.05, 3.63) is 72.5 Å². The van der Waals surface area contributed by atoms with Crippen LogP contribution in [0, 0.1) is 0 Å². The summed E-state index contributed by atoms with van der Waals surface area (Å²) < 4.78 is 6.05. The third kappa shape index (κ3) is 3.17. The Kier molecular flexibility index (Phi) is 4.19. The summed E-state index contributed by atoms with van der Waals surface area (Å²) in [6.07, 6.45) is 1.13. The van der Waals surface area contributed by atoms with Gasteiger partial charge in [0.25, 0.3) is 0 Å². The van der Waals surface area contributed by atoms with Gasteiger partial charge in [-0.1, -0.05) is 60.7 Å². The van der Waals surface area contributed by atoms with Crippen molar-refractivity contribution in [2.24, 2.45) is 0 Å². The van der Waals surface area contributed by atoms with Crippen LogP contribution in [0.25, 0.3) is 22.5 Å². The summed E-state index contributed by atoms with van der Waals surface area (Å²) in [5, 5.41) is 0. The second-order valence-electron chi connectivity index (χ2n) is 5.38. The minimum absolute atomic E-state index is 0.177. The zero-order valence-corrected chi connectivity index (χ0v) is 12.6. The minimum atomic E-state index is 0.177. The molecule has 2 heteroatoms. The fourth-order valence-corrected chi connectivity index (χ4v) is 2.51. The number of rotatable bonds is 5. The fraction of sp³-hybridized carbons (Fsp3) is 0.150. The third-order valence-corrected chi connectivity index (χ3v) is 3.66. The van der Waals surface area contributed by atoms with E-state index in [9.17, 15) is 4.79 Å². The molecule has 2 nitrogen and oxygen atoms in total. The number of hydrogen-bond acceptors (Lipinski definition) is 2. The third-order valence-electron chi connectivity index (χ3n) is 3.66. The highest BCUT2D eigenvalue weighted by molar-refractivity contribution is 5.77. The van der Waals surface area contributed by atoms with Crippen molar-refractivity contribution in [1.29, 1.82) is 0 Å². The molecule has 22 heavy (non-hydrogen) atoms. The van der Waals surface area contributed by atoms with Crippen LogP contribution in [0.15, 0.2) is 71.1 Å². The van der Waals surface area contributed by atoms with Crippen molar-refractivity contribution in [2.45, 2.75) is 19.8 Å². The van der Waals surface area contributed by atoms with E-state index in [1.54, 1.807) is 6.92 Å². The molecule has 0 amide bonds. The van der Waals surface area contributed by atoms with Gasteiger partial charge >= 0.3 is 0 Å². The highest BCUT2D eigenvalue weighted by Gasteiger charge is 2.14. The second kappa shape index (κ2) is 6.44. The van der Waals surface area contributed by atoms with Gasteiger partial charge in [0.2, 0.25) is 0 Å². The Morgan fingerprint density at radius 3 is 2.09 bits per heavy atom. The smallest absolute Gasteiger partial charge is 0.134 e. The number of carbonyl (C=O) groups excluding carboxylic acids is 1. The van der Waals surface area contributed by atoms with Crippen molar-refractivity contribution in [3.8, 4) is 22.5 Å². The SMILES string of the molecule is CC(=O)CCc1oc(-c2ccccc2)cc1-c1ccccc1. The summed E-state index contributed by atoms with van der Waals surface area (Å²) in [5.41, 5.74) is 3.24. The number of ketones is 1. The van der Waals surface area contributed by atoms with Gasteiger partial charge in [0.05, 0.1) is 0 Å². The lowest BCUT2D eigenvalue weighted by atomic mass is 10.0. The first kappa shape index (κ1) is 14.3. The molecular formula is C20H18O2. The van der Waals surface area contributed by atoms with Gasteiger partial charge in [-0.2, -0.15) is 0 Å². The van der Waals surface area contributed by atoms with Crippen LogP contribution in [-0.2, 0) is 11.2 Å². The van der Waals surface area contributed by atoms with Gasteiger partial charge in [-0.15, -0.1) is 0 Å². The standard InChI is InChI=1S/C20H18O2/c1-15(21)12-13-19-18(16-8-4-2-5-9-16)14-20(22-19)17-10-6-3-7-11-17/h2-11,14H,12-13H2,1H3. The van der Waals surface area contributed by atoms with E-state index in [4.69, 9.17) is 4.42 Å². The molecule has 3 aromatic rings. The van der Waals surface area contributed by atoms with E-state index >= 15 is 0 Å². The Labute approximate surface area is 130 Å². The normalized spacial score (nSPS) is 10.6. The maximum atomic E-state index is 11.3. The number of Topliss-reactive ketones (excluding diaryl/α,β-unsaturated/α-hetero) is 1. The van der Waals surface area contributed by atoms with E-state index < -0.39 is 0 Å². The molecule has 0 saturated heterocycles. The molecule has 0 fully saturated rings. The first-order chi connectivity index (χ1) is 10.7. The lowest BCUT2D eigenvalue weighted by Gasteiger charge is -2.01. The average molecular weight is 290 g/mol. The Bertz CT molecular complexity index is 755. The number of aryl methyl sites for hydroxylation is 1. The molecule has 0 unspecified atom stereocenters. The average Bonchev–Trinajstić information content (AvgIpc) is 2.99. The Morgan fingerprint density at radius 1 is 0.909 bits per heavy atom. The van der Waals surface area contributed by atoms with Crippen LogP contribution >= 0.6 is 0 Å². The van der Waals surface area contributed by atoms with Crippen LogP contribution in [0.5, 0.6) is 0 Å². The first-order valence-electron chi connectivity index (χ1n) is 7.47. The Morgan fingerprint density at radius 2 is 1.50 bits per heavy atom. The van der Waals surface area contributed by atoms with Crippen LogP contribution in [0.3, 0.4) is 0 Å². The maximum absolute atomic E-state index is 11.3. The molecule has 0 aliphatic carbocycles. The summed E-state index contributed by atoms with van der Waals surface area (Å²) in [6, 6.07) is 22.3. The number of hydrogen-bond donors (Lipinski definition) is 0. The van der Waals surface area contributed by atoms with Crippen molar-refractivity contribution < 1.29 is 9.21 Å². The van der Waals surface area contributed by atoms with Crippen LogP contribution < -0.4 is 0 Å². The molecule has 0 atom stereocenters. The summed E-state index contributed by atoms with van der Waals surface area (Å²) in [7, 11) is 0. The van der Waals surface area contributed by atoms with Crippen LogP contribution in [0.1, 0.15) is 19.1 Å². The zero-order valence-electron chi connectivity index (χ0n) is 12.6. The molecular weight excluding hydrogens is 272 g/mol. The largest absolute Gasteiger partial charge is 0.460 e. The van der Waals surface area contributed by atoms with Crippen molar-refractivity contribution >= 4 is 5.78 Å². The van der Waals surface area contributed by atoms with Gasteiger partial charge in [0, 0.05) is 24.0 Å². The summed E-state index contributed by atoms with van der Waals surface area (Å²) in [5.74, 6) is 1.90. The number of benzene rings is 2. The monoisotopic (exact) mass is 290 g/mol. The molecule has 0 N–H and O–H groups in total. The lowest BCUT2D eigenvalue weighted by Crippen LogP contribution is -1.94. The topological polar surface area (TPSA) is 30.2 Å². The molecule has 0 aliphatic rings. The molecule has 0 aliphatic heterocycles. The van der Waals surface area contributed by atoms with Crippen molar-refractivity contribution in [1.82, 2.24) is 0 Å². The molecule has 0 saturated carbocycles. The number of carbonyl (C=O) groups is 1. The van der Waals surface area contributed by atoms with E-state index in [1.807, 2.05) is 48.5 Å². The molecule has 1 aromatic heterocycles. The molecule has 1 heterocycles. The van der Waals surface area contributed by atoms with Crippen LogP contribution in [-0.4, -0.2) is 5.78 Å². The van der Waals surface area contributed by atoms with Crippen molar-refractivity contribution in [3.63, 3.8) is 0 Å². The molecule has 3 rings (SSSR count). The van der Waals surface area contributed by atoms with Crippen LogP contribution in [0.2, 0.25) is 0 Å². The highest BCUT2D eigenvalue weighted by Crippen LogP contribution is 2.33. The molecule has 110 valence electrons. The minimum Gasteiger partial charge on any atom is -0.460 e.